The van der Waals surface area contributed by atoms with E-state index in [0.29, 0.717) is 6.42 Å². The van der Waals surface area contributed by atoms with Crippen molar-refractivity contribution < 1.29 is 9.53 Å². The number of ether oxygens (including phenoxy) is 1. The molecule has 0 spiro atoms. The molecule has 0 N–H and O–H groups in total. The third-order valence-corrected chi connectivity index (χ3v) is 2.85. The molecule has 74 valence electrons. The molecule has 0 aromatic heterocycles. The lowest BCUT2D eigenvalue weighted by Crippen LogP contribution is -2.45. The molecular weight excluding hydrogens is 164 g/mol. The van der Waals surface area contributed by atoms with E-state index in [9.17, 15) is 4.79 Å². The number of allylic oxidation sites excluding steroid dienone is 2. The molecule has 2 nitrogen and oxygen atoms in total. The van der Waals surface area contributed by atoms with Gasteiger partial charge in [-0.3, -0.25) is 4.79 Å². The third kappa shape index (κ3) is 1.93. The Morgan fingerprint density at radius 1 is 1.46 bits per heavy atom. The highest BCUT2D eigenvalue weighted by Crippen LogP contribution is 2.40. The van der Waals surface area contributed by atoms with Crippen LogP contribution in [-0.2, 0) is 9.53 Å². The van der Waals surface area contributed by atoms with Gasteiger partial charge in [-0.05, 0) is 13.8 Å². The monoisotopic (exact) mass is 182 g/mol. The van der Waals surface area contributed by atoms with Crippen molar-refractivity contribution >= 4 is 5.78 Å². The quantitative estimate of drug-likeness (QED) is 0.575. The summed E-state index contributed by atoms with van der Waals surface area (Å²) in [5, 5.41) is 0. The van der Waals surface area contributed by atoms with Crippen molar-refractivity contribution in [3.05, 3.63) is 11.8 Å². The van der Waals surface area contributed by atoms with E-state index >= 15 is 0 Å². The Morgan fingerprint density at radius 2 is 2.00 bits per heavy atom. The van der Waals surface area contributed by atoms with Crippen LogP contribution in [0, 0.1) is 5.41 Å². The highest BCUT2D eigenvalue weighted by Gasteiger charge is 2.43. The van der Waals surface area contributed by atoms with E-state index in [1.807, 2.05) is 13.8 Å². The average Bonchev–Trinajstić information content (AvgIpc) is 1.79. The largest absolute Gasteiger partial charge is 0.491 e. The van der Waals surface area contributed by atoms with Gasteiger partial charge in [0.15, 0.2) is 5.78 Å². The zero-order valence-electron chi connectivity index (χ0n) is 9.10. The first-order chi connectivity index (χ1) is 5.74. The Hall–Kier alpha value is -0.790. The summed E-state index contributed by atoms with van der Waals surface area (Å²) in [4.78, 5) is 11.4. The van der Waals surface area contributed by atoms with Crippen LogP contribution < -0.4 is 0 Å². The SMILES string of the molecule is CC1=CC(=O)C[C@](C)(C(C)(C)C)O1. The molecule has 0 fully saturated rings. The summed E-state index contributed by atoms with van der Waals surface area (Å²) in [5.41, 5.74) is -0.374. The molecular formula is C11H18O2. The summed E-state index contributed by atoms with van der Waals surface area (Å²) >= 11 is 0. The molecule has 0 saturated carbocycles. The highest BCUT2D eigenvalue weighted by molar-refractivity contribution is 5.91. The molecule has 0 radical (unpaired) electrons. The van der Waals surface area contributed by atoms with E-state index < -0.39 is 0 Å². The molecule has 0 aliphatic carbocycles. The molecule has 1 heterocycles. The van der Waals surface area contributed by atoms with Gasteiger partial charge >= 0.3 is 0 Å². The van der Waals surface area contributed by atoms with Gasteiger partial charge < -0.3 is 4.74 Å². The fourth-order valence-electron chi connectivity index (χ4n) is 1.45. The first-order valence-corrected chi connectivity index (χ1v) is 4.65. The smallest absolute Gasteiger partial charge is 0.163 e. The van der Waals surface area contributed by atoms with Gasteiger partial charge in [0.2, 0.25) is 0 Å². The van der Waals surface area contributed by atoms with Crippen LogP contribution in [0.1, 0.15) is 41.0 Å². The zero-order chi connectivity index (χ0) is 10.3. The molecule has 1 atom stereocenters. The van der Waals surface area contributed by atoms with E-state index in [2.05, 4.69) is 20.8 Å². The van der Waals surface area contributed by atoms with Crippen LogP contribution in [0.3, 0.4) is 0 Å². The second-order valence-electron chi connectivity index (χ2n) is 4.98. The maximum atomic E-state index is 11.4. The van der Waals surface area contributed by atoms with Gasteiger partial charge in [-0.1, -0.05) is 20.8 Å². The predicted octanol–water partition coefficient (Wildman–Crippen LogP) is 2.68. The number of rotatable bonds is 0. The number of hydrogen-bond acceptors (Lipinski definition) is 2. The van der Waals surface area contributed by atoms with Gasteiger partial charge in [-0.25, -0.2) is 0 Å². The fourth-order valence-corrected chi connectivity index (χ4v) is 1.45. The van der Waals surface area contributed by atoms with E-state index in [1.165, 1.54) is 0 Å². The van der Waals surface area contributed by atoms with Crippen LogP contribution >= 0.6 is 0 Å². The summed E-state index contributed by atoms with van der Waals surface area (Å²) in [6.45, 7) is 10.1. The first-order valence-electron chi connectivity index (χ1n) is 4.65. The molecule has 1 aliphatic heterocycles. The van der Waals surface area contributed by atoms with Gasteiger partial charge in [0, 0.05) is 11.5 Å². The maximum absolute atomic E-state index is 11.4. The van der Waals surface area contributed by atoms with Gasteiger partial charge in [-0.15, -0.1) is 0 Å². The highest BCUT2D eigenvalue weighted by atomic mass is 16.5. The summed E-state index contributed by atoms with van der Waals surface area (Å²) in [6.07, 6.45) is 2.06. The lowest BCUT2D eigenvalue weighted by atomic mass is 9.74. The summed E-state index contributed by atoms with van der Waals surface area (Å²) in [6, 6.07) is 0. The van der Waals surface area contributed by atoms with Crippen molar-refractivity contribution in [2.24, 2.45) is 5.41 Å². The molecule has 0 bridgehead atoms. The zero-order valence-corrected chi connectivity index (χ0v) is 9.10. The van der Waals surface area contributed by atoms with Crippen LogP contribution in [0.4, 0.5) is 0 Å². The lowest BCUT2D eigenvalue weighted by molar-refractivity contribution is -0.132. The fraction of sp³-hybridized carbons (Fsp3) is 0.727. The van der Waals surface area contributed by atoms with Gasteiger partial charge in [0.1, 0.15) is 5.60 Å². The first kappa shape index (κ1) is 10.3. The van der Waals surface area contributed by atoms with Crippen LogP contribution in [0.2, 0.25) is 0 Å². The summed E-state index contributed by atoms with van der Waals surface area (Å²) in [7, 11) is 0. The standard InChI is InChI=1S/C11H18O2/c1-8-6-9(12)7-11(5,13-8)10(2,3)4/h6H,7H2,1-5H3/t11-/m1/s1. The van der Waals surface area contributed by atoms with Crippen LogP contribution in [-0.4, -0.2) is 11.4 Å². The number of ketones is 1. The Bertz CT molecular complexity index is 258. The van der Waals surface area contributed by atoms with Crippen LogP contribution in [0.25, 0.3) is 0 Å². The lowest BCUT2D eigenvalue weighted by Gasteiger charge is -2.43. The van der Waals surface area contributed by atoms with Crippen molar-refractivity contribution in [1.82, 2.24) is 0 Å². The van der Waals surface area contributed by atoms with Gasteiger partial charge in [0.05, 0.1) is 12.2 Å². The molecule has 2 heteroatoms. The van der Waals surface area contributed by atoms with E-state index in [0.717, 1.165) is 5.76 Å². The molecule has 0 aromatic rings. The molecule has 0 aromatic carbocycles. The Labute approximate surface area is 80.0 Å². The van der Waals surface area contributed by atoms with Crippen molar-refractivity contribution in [3.63, 3.8) is 0 Å². The maximum Gasteiger partial charge on any atom is 0.163 e. The van der Waals surface area contributed by atoms with Crippen molar-refractivity contribution in [3.8, 4) is 0 Å². The molecule has 1 rings (SSSR count). The van der Waals surface area contributed by atoms with Gasteiger partial charge in [-0.2, -0.15) is 0 Å². The summed E-state index contributed by atoms with van der Waals surface area (Å²) in [5.74, 6) is 0.898. The Morgan fingerprint density at radius 3 is 2.38 bits per heavy atom. The molecule has 0 saturated heterocycles. The molecule has 1 aliphatic rings. The summed E-state index contributed by atoms with van der Waals surface area (Å²) < 4.78 is 5.75. The van der Waals surface area contributed by atoms with Crippen LogP contribution in [0.15, 0.2) is 11.8 Å². The van der Waals surface area contributed by atoms with Crippen molar-refractivity contribution in [2.45, 2.75) is 46.6 Å². The van der Waals surface area contributed by atoms with E-state index in [4.69, 9.17) is 4.74 Å². The Balaban J connectivity index is 2.97. The molecule has 13 heavy (non-hydrogen) atoms. The third-order valence-electron chi connectivity index (χ3n) is 2.85. The number of carbonyl (C=O) groups excluding carboxylic acids is 1. The van der Waals surface area contributed by atoms with Crippen molar-refractivity contribution in [2.75, 3.05) is 0 Å². The normalized spacial score (nSPS) is 29.6. The minimum Gasteiger partial charge on any atom is -0.491 e. The second kappa shape index (κ2) is 2.86. The topological polar surface area (TPSA) is 26.3 Å². The predicted molar refractivity (Wildman–Crippen MR) is 52.3 cm³/mol. The minimum absolute atomic E-state index is 0.0157. The Kier molecular flexibility index (Phi) is 2.27. The minimum atomic E-state index is -0.358. The van der Waals surface area contributed by atoms with Gasteiger partial charge in [0.25, 0.3) is 0 Å². The molecule has 0 amide bonds. The molecule has 0 unspecified atom stereocenters. The number of carbonyl (C=O) groups is 1. The van der Waals surface area contributed by atoms with Crippen LogP contribution in [0.5, 0.6) is 0 Å². The van der Waals surface area contributed by atoms with E-state index in [1.54, 1.807) is 6.08 Å². The van der Waals surface area contributed by atoms with E-state index in [-0.39, 0.29) is 16.8 Å². The number of hydrogen-bond donors (Lipinski definition) is 0. The van der Waals surface area contributed by atoms with Crippen molar-refractivity contribution in [1.29, 1.82) is 0 Å². The second-order valence-corrected chi connectivity index (χ2v) is 4.98. The average molecular weight is 182 g/mol.